The number of nitrogens with zero attached hydrogens (tertiary/aromatic N) is 1. The average Bonchev–Trinajstić information content (AvgIpc) is 2.95. The molecule has 1 N–H and O–H groups in total. The lowest BCUT2D eigenvalue weighted by atomic mass is 10.1. The molecule has 2 aromatic rings. The van der Waals surface area contributed by atoms with E-state index in [1.165, 1.54) is 45.2 Å². The van der Waals surface area contributed by atoms with Crippen LogP contribution in [0.15, 0.2) is 34.9 Å². The number of halogens is 1. The molecule has 0 aliphatic heterocycles. The third-order valence-electron chi connectivity index (χ3n) is 2.98. The van der Waals surface area contributed by atoms with Crippen molar-refractivity contribution in [2.24, 2.45) is 0 Å². The van der Waals surface area contributed by atoms with Crippen molar-refractivity contribution in [3.8, 4) is 11.3 Å². The van der Waals surface area contributed by atoms with Crippen molar-refractivity contribution >= 4 is 11.9 Å². The molecule has 7 heteroatoms. The average molecular weight is 306 g/mol. The highest BCUT2D eigenvalue weighted by Crippen LogP contribution is 2.20. The van der Waals surface area contributed by atoms with Crippen LogP contribution in [-0.2, 0) is 9.53 Å². The van der Waals surface area contributed by atoms with Crippen molar-refractivity contribution in [1.29, 1.82) is 0 Å². The Labute approximate surface area is 126 Å². The van der Waals surface area contributed by atoms with Gasteiger partial charge in [0.05, 0.1) is 7.11 Å². The number of amides is 1. The third-order valence-corrected chi connectivity index (χ3v) is 2.98. The molecule has 1 aromatic carbocycles. The molecule has 0 atom stereocenters. The number of ether oxygens (including phenoxy) is 1. The van der Waals surface area contributed by atoms with Crippen LogP contribution in [0.2, 0.25) is 0 Å². The van der Waals surface area contributed by atoms with Gasteiger partial charge in [0.1, 0.15) is 17.1 Å². The van der Waals surface area contributed by atoms with Gasteiger partial charge in [-0.15, -0.1) is 0 Å². The van der Waals surface area contributed by atoms with Crippen molar-refractivity contribution in [2.75, 3.05) is 7.11 Å². The summed E-state index contributed by atoms with van der Waals surface area (Å²) in [7, 11) is 1.23. The molecular formula is C15H15FN2O4. The number of benzene rings is 1. The molecule has 0 spiro atoms. The number of hydrogen-bond acceptors (Lipinski definition) is 5. The van der Waals surface area contributed by atoms with Crippen LogP contribution in [0.3, 0.4) is 0 Å². The topological polar surface area (TPSA) is 81.4 Å². The van der Waals surface area contributed by atoms with Gasteiger partial charge < -0.3 is 14.6 Å². The molecule has 0 bridgehead atoms. The van der Waals surface area contributed by atoms with E-state index in [0.717, 1.165) is 0 Å². The molecule has 0 fully saturated rings. The maximum atomic E-state index is 13.2. The van der Waals surface area contributed by atoms with E-state index < -0.39 is 23.2 Å². The Balaban J connectivity index is 2.18. The number of nitrogens with one attached hydrogen (secondary N) is 1. The Morgan fingerprint density at radius 3 is 2.68 bits per heavy atom. The van der Waals surface area contributed by atoms with E-state index in [9.17, 15) is 14.0 Å². The summed E-state index contributed by atoms with van der Waals surface area (Å²) in [6, 6.07) is 7.12. The zero-order chi connectivity index (χ0) is 16.3. The van der Waals surface area contributed by atoms with Crippen molar-refractivity contribution in [2.45, 2.75) is 19.4 Å². The summed E-state index contributed by atoms with van der Waals surface area (Å²) < 4.78 is 22.7. The number of esters is 1. The summed E-state index contributed by atoms with van der Waals surface area (Å²) in [6.07, 6.45) is 0. The zero-order valence-corrected chi connectivity index (χ0v) is 12.3. The number of hydrogen-bond donors (Lipinski definition) is 1. The van der Waals surface area contributed by atoms with Crippen molar-refractivity contribution in [3.63, 3.8) is 0 Å². The smallest absolute Gasteiger partial charge is 0.330 e. The first-order valence-electron chi connectivity index (χ1n) is 6.47. The Hall–Kier alpha value is -2.70. The summed E-state index contributed by atoms with van der Waals surface area (Å²) in [6.45, 7) is 3.00. The number of carbonyl (C=O) groups excluding carboxylic acids is 2. The fourth-order valence-corrected chi connectivity index (χ4v) is 1.82. The highest BCUT2D eigenvalue weighted by molar-refractivity contribution is 5.96. The Bertz CT molecular complexity index is 709. The van der Waals surface area contributed by atoms with Crippen LogP contribution in [-0.4, -0.2) is 29.7 Å². The number of methoxy groups -OCH3 is 1. The second-order valence-corrected chi connectivity index (χ2v) is 5.16. The standard InChI is InChI=1S/C15H15FN2O4/c1-15(2,14(20)21-3)17-13(19)12-8-11(18-22-12)9-5-4-6-10(16)7-9/h4-8H,1-3H3,(H,17,19). The molecule has 0 saturated heterocycles. The largest absolute Gasteiger partial charge is 0.467 e. The summed E-state index contributed by atoms with van der Waals surface area (Å²) in [4.78, 5) is 23.6. The van der Waals surface area contributed by atoms with Gasteiger partial charge in [-0.25, -0.2) is 9.18 Å². The highest BCUT2D eigenvalue weighted by atomic mass is 19.1. The minimum Gasteiger partial charge on any atom is -0.467 e. The molecular weight excluding hydrogens is 291 g/mol. The zero-order valence-electron chi connectivity index (χ0n) is 12.3. The SMILES string of the molecule is COC(=O)C(C)(C)NC(=O)c1cc(-c2cccc(F)c2)no1. The molecule has 22 heavy (non-hydrogen) atoms. The number of rotatable bonds is 4. The molecule has 0 radical (unpaired) electrons. The van der Waals surface area contributed by atoms with E-state index in [-0.39, 0.29) is 5.76 Å². The van der Waals surface area contributed by atoms with Crippen molar-refractivity contribution in [3.05, 3.63) is 41.9 Å². The van der Waals surface area contributed by atoms with E-state index in [0.29, 0.717) is 11.3 Å². The summed E-state index contributed by atoms with van der Waals surface area (Å²) in [5.74, 6) is -1.72. The molecule has 2 rings (SSSR count). The van der Waals surface area contributed by atoms with Gasteiger partial charge in [0.15, 0.2) is 0 Å². The van der Waals surface area contributed by atoms with E-state index in [4.69, 9.17) is 4.52 Å². The fraction of sp³-hybridized carbons (Fsp3) is 0.267. The van der Waals surface area contributed by atoms with Crippen LogP contribution in [0, 0.1) is 5.82 Å². The van der Waals surface area contributed by atoms with Crippen LogP contribution in [0.25, 0.3) is 11.3 Å². The lowest BCUT2D eigenvalue weighted by molar-refractivity contribution is -0.146. The maximum absolute atomic E-state index is 13.2. The maximum Gasteiger partial charge on any atom is 0.330 e. The summed E-state index contributed by atoms with van der Waals surface area (Å²) >= 11 is 0. The van der Waals surface area contributed by atoms with Gasteiger partial charge in [0.2, 0.25) is 5.76 Å². The lowest BCUT2D eigenvalue weighted by Gasteiger charge is -2.22. The minimum atomic E-state index is -1.21. The molecule has 116 valence electrons. The first kappa shape index (κ1) is 15.7. The highest BCUT2D eigenvalue weighted by Gasteiger charge is 2.32. The molecule has 1 aromatic heterocycles. The second-order valence-electron chi connectivity index (χ2n) is 5.16. The predicted octanol–water partition coefficient (Wildman–Crippen LogP) is 2.16. The van der Waals surface area contributed by atoms with E-state index in [1.807, 2.05) is 0 Å². The molecule has 6 nitrogen and oxygen atoms in total. The summed E-state index contributed by atoms with van der Waals surface area (Å²) in [5.41, 5.74) is -0.409. The normalized spacial score (nSPS) is 11.1. The van der Waals surface area contributed by atoms with Crippen LogP contribution < -0.4 is 5.32 Å². The van der Waals surface area contributed by atoms with Crippen LogP contribution in [0.1, 0.15) is 24.4 Å². The summed E-state index contributed by atoms with van der Waals surface area (Å²) in [5, 5.41) is 6.20. The Morgan fingerprint density at radius 1 is 1.32 bits per heavy atom. The Kier molecular flexibility index (Phi) is 4.25. The van der Waals surface area contributed by atoms with E-state index in [2.05, 4.69) is 15.2 Å². The lowest BCUT2D eigenvalue weighted by Crippen LogP contribution is -2.50. The van der Waals surface area contributed by atoms with Crippen LogP contribution in [0.4, 0.5) is 4.39 Å². The second kappa shape index (κ2) is 5.97. The van der Waals surface area contributed by atoms with Crippen molar-refractivity contribution < 1.29 is 23.2 Å². The molecule has 0 saturated carbocycles. The quantitative estimate of drug-likeness (QED) is 0.875. The first-order valence-corrected chi connectivity index (χ1v) is 6.47. The van der Waals surface area contributed by atoms with E-state index >= 15 is 0 Å². The van der Waals surface area contributed by atoms with Gasteiger partial charge >= 0.3 is 5.97 Å². The predicted molar refractivity (Wildman–Crippen MR) is 75.5 cm³/mol. The van der Waals surface area contributed by atoms with Crippen molar-refractivity contribution in [1.82, 2.24) is 10.5 Å². The molecule has 1 heterocycles. The minimum absolute atomic E-state index is 0.0868. The van der Waals surface area contributed by atoms with Crippen LogP contribution >= 0.6 is 0 Å². The van der Waals surface area contributed by atoms with Gasteiger partial charge in [-0.05, 0) is 26.0 Å². The monoisotopic (exact) mass is 306 g/mol. The van der Waals surface area contributed by atoms with Gasteiger partial charge in [-0.3, -0.25) is 4.79 Å². The van der Waals surface area contributed by atoms with E-state index in [1.54, 1.807) is 6.07 Å². The Morgan fingerprint density at radius 2 is 2.05 bits per heavy atom. The molecule has 0 aliphatic carbocycles. The first-order chi connectivity index (χ1) is 10.3. The van der Waals surface area contributed by atoms with Crippen LogP contribution in [0.5, 0.6) is 0 Å². The van der Waals surface area contributed by atoms with Gasteiger partial charge in [-0.2, -0.15) is 0 Å². The molecule has 0 unspecified atom stereocenters. The molecule has 1 amide bonds. The number of carbonyl (C=O) groups is 2. The van der Waals surface area contributed by atoms with Gasteiger partial charge in [-0.1, -0.05) is 17.3 Å². The number of aromatic nitrogens is 1. The van der Waals surface area contributed by atoms with Gasteiger partial charge in [0, 0.05) is 11.6 Å². The third kappa shape index (κ3) is 3.30. The fourth-order valence-electron chi connectivity index (χ4n) is 1.82. The van der Waals surface area contributed by atoms with Gasteiger partial charge in [0.25, 0.3) is 5.91 Å². The molecule has 0 aliphatic rings.